The van der Waals surface area contributed by atoms with Crippen LogP contribution in [0.4, 0.5) is 0 Å². The highest BCUT2D eigenvalue weighted by molar-refractivity contribution is 6.68. The second-order valence-electron chi connectivity index (χ2n) is 2.33. The Balaban J connectivity index is 3.13. The van der Waals surface area contributed by atoms with Gasteiger partial charge in [0.1, 0.15) is 11.9 Å². The summed E-state index contributed by atoms with van der Waals surface area (Å²) < 4.78 is -1.88. The van der Waals surface area contributed by atoms with Gasteiger partial charge in [-0.05, 0) is 6.08 Å². The fourth-order valence-corrected chi connectivity index (χ4v) is 1.19. The van der Waals surface area contributed by atoms with Crippen molar-refractivity contribution in [1.29, 1.82) is 5.26 Å². The van der Waals surface area contributed by atoms with Gasteiger partial charge in [-0.15, -0.1) is 0 Å². The number of hydrogen-bond donors (Lipinski definition) is 2. The van der Waals surface area contributed by atoms with Crippen molar-refractivity contribution in [2.45, 2.75) is 9.46 Å². The molecule has 1 aliphatic heterocycles. The highest BCUT2D eigenvalue weighted by atomic mass is 35.6. The number of nitrogens with zero attached hydrogens (tertiary/aromatic N) is 2. The molecule has 1 unspecified atom stereocenters. The summed E-state index contributed by atoms with van der Waals surface area (Å²) in [6.07, 6.45) is 2.87. The molecule has 0 saturated carbocycles. The molecule has 13 heavy (non-hydrogen) atoms. The lowest BCUT2D eigenvalue weighted by Crippen LogP contribution is -2.53. The van der Waals surface area contributed by atoms with Crippen molar-refractivity contribution in [3.63, 3.8) is 0 Å². The van der Waals surface area contributed by atoms with Crippen molar-refractivity contribution in [2.24, 2.45) is 10.7 Å². The van der Waals surface area contributed by atoms with E-state index >= 15 is 0 Å². The van der Waals surface area contributed by atoms with Crippen molar-refractivity contribution in [3.05, 3.63) is 12.3 Å². The Morgan fingerprint density at radius 1 is 1.62 bits per heavy atom. The normalized spacial score (nSPS) is 27.4. The van der Waals surface area contributed by atoms with Crippen molar-refractivity contribution >= 4 is 40.6 Å². The fraction of sp³-hybridized carbons (Fsp3) is 0.333. The Morgan fingerprint density at radius 2 is 2.23 bits per heavy atom. The van der Waals surface area contributed by atoms with Crippen LogP contribution in [0.25, 0.3) is 0 Å². The minimum atomic E-state index is -1.88. The van der Waals surface area contributed by atoms with Crippen LogP contribution in [0.5, 0.6) is 0 Å². The van der Waals surface area contributed by atoms with Gasteiger partial charge in [0.15, 0.2) is 0 Å². The molecule has 7 heteroatoms. The van der Waals surface area contributed by atoms with Crippen molar-refractivity contribution < 1.29 is 0 Å². The summed E-state index contributed by atoms with van der Waals surface area (Å²) in [4.78, 5) is 3.74. The molecule has 1 heterocycles. The lowest BCUT2D eigenvalue weighted by atomic mass is 10.2. The van der Waals surface area contributed by atoms with E-state index in [0.717, 1.165) is 0 Å². The van der Waals surface area contributed by atoms with Gasteiger partial charge in [0, 0.05) is 6.20 Å². The summed E-state index contributed by atoms with van der Waals surface area (Å²) in [6.45, 7) is 0. The molecular formula is C6H5Cl3N4. The first kappa shape index (κ1) is 10.5. The predicted octanol–water partition coefficient (Wildman–Crippen LogP) is 1.05. The van der Waals surface area contributed by atoms with Crippen molar-refractivity contribution in [2.75, 3.05) is 0 Å². The minimum absolute atomic E-state index is 0.131. The monoisotopic (exact) mass is 238 g/mol. The van der Waals surface area contributed by atoms with Gasteiger partial charge in [-0.1, -0.05) is 34.8 Å². The third-order valence-corrected chi connectivity index (χ3v) is 2.24. The molecule has 0 bridgehead atoms. The summed E-state index contributed by atoms with van der Waals surface area (Å²) in [5, 5.41) is 11.4. The number of aliphatic imine (C=N–C) groups is 1. The molecule has 0 amide bonds. The second-order valence-corrected chi connectivity index (χ2v) is 4.62. The molecule has 0 aromatic heterocycles. The zero-order chi connectivity index (χ0) is 10.1. The van der Waals surface area contributed by atoms with Crippen molar-refractivity contribution in [1.82, 2.24) is 5.32 Å². The number of hydrogen-bond acceptors (Lipinski definition) is 4. The smallest absolute Gasteiger partial charge is 0.266 e. The third-order valence-electron chi connectivity index (χ3n) is 1.42. The first-order chi connectivity index (χ1) is 5.91. The van der Waals surface area contributed by atoms with Crippen LogP contribution in [-0.4, -0.2) is 15.3 Å². The quantitative estimate of drug-likeness (QED) is 0.621. The van der Waals surface area contributed by atoms with E-state index in [0.29, 0.717) is 0 Å². The lowest BCUT2D eigenvalue weighted by Gasteiger charge is -2.31. The fourth-order valence-electron chi connectivity index (χ4n) is 0.777. The van der Waals surface area contributed by atoms with Gasteiger partial charge in [0.2, 0.25) is 3.79 Å². The molecule has 0 spiro atoms. The Bertz CT molecular complexity index is 311. The van der Waals surface area contributed by atoms with E-state index in [1.807, 2.05) is 0 Å². The zero-order valence-corrected chi connectivity index (χ0v) is 8.53. The van der Waals surface area contributed by atoms with E-state index in [2.05, 4.69) is 10.3 Å². The summed E-state index contributed by atoms with van der Waals surface area (Å²) in [5.41, 5.74) is 3.74. The van der Waals surface area contributed by atoms with Gasteiger partial charge >= 0.3 is 0 Å². The first-order valence-corrected chi connectivity index (χ1v) is 4.32. The van der Waals surface area contributed by atoms with Crippen LogP contribution in [0, 0.1) is 11.3 Å². The van der Waals surface area contributed by atoms with Crippen LogP contribution in [0.15, 0.2) is 17.3 Å². The van der Waals surface area contributed by atoms with Gasteiger partial charge in [-0.3, -0.25) is 0 Å². The molecule has 3 N–H and O–H groups in total. The highest BCUT2D eigenvalue weighted by Crippen LogP contribution is 2.39. The molecule has 0 aromatic carbocycles. The minimum Gasteiger partial charge on any atom is -0.384 e. The number of nitriles is 1. The number of alkyl halides is 3. The Morgan fingerprint density at radius 3 is 2.54 bits per heavy atom. The van der Waals surface area contributed by atoms with Gasteiger partial charge < -0.3 is 11.1 Å². The standard InChI is InChI=1S/C6H5Cl3N4/c7-6(8,9)5(3-10)12-2-1-4(11)13-5/h1-2,12H,(H2,11,13). The third kappa shape index (κ3) is 1.83. The first-order valence-electron chi connectivity index (χ1n) is 3.19. The largest absolute Gasteiger partial charge is 0.384 e. The molecule has 1 aliphatic rings. The second kappa shape index (κ2) is 3.26. The number of halogens is 3. The molecule has 0 fully saturated rings. The van der Waals surface area contributed by atoms with E-state index in [9.17, 15) is 0 Å². The van der Waals surface area contributed by atoms with Crippen LogP contribution >= 0.6 is 34.8 Å². The van der Waals surface area contributed by atoms with Gasteiger partial charge in [-0.25, -0.2) is 4.99 Å². The zero-order valence-electron chi connectivity index (χ0n) is 6.26. The molecule has 0 aliphatic carbocycles. The van der Waals surface area contributed by atoms with Crippen LogP contribution in [0.1, 0.15) is 0 Å². The summed E-state index contributed by atoms with van der Waals surface area (Å²) in [5.74, 6) is 0.131. The average Bonchev–Trinajstić information content (AvgIpc) is 2.02. The topological polar surface area (TPSA) is 74.2 Å². The number of nitrogens with one attached hydrogen (secondary N) is 1. The van der Waals surface area contributed by atoms with E-state index in [1.54, 1.807) is 6.07 Å². The van der Waals surface area contributed by atoms with Crippen LogP contribution in [-0.2, 0) is 0 Å². The SMILES string of the molecule is N#CC1(C(Cl)(Cl)Cl)N=C(N)C=CN1. The molecule has 0 saturated heterocycles. The maximum atomic E-state index is 8.83. The average molecular weight is 239 g/mol. The lowest BCUT2D eigenvalue weighted by molar-refractivity contribution is 0.494. The molecule has 1 atom stereocenters. The molecule has 4 nitrogen and oxygen atoms in total. The number of rotatable bonds is 0. The van der Waals surface area contributed by atoms with E-state index < -0.39 is 9.46 Å². The molecule has 0 radical (unpaired) electrons. The van der Waals surface area contributed by atoms with E-state index in [-0.39, 0.29) is 5.84 Å². The Labute approximate surface area is 90.0 Å². The number of nitrogens with two attached hydrogens (primary N) is 1. The predicted molar refractivity (Wildman–Crippen MR) is 52.5 cm³/mol. The Hall–Kier alpha value is -0.630. The molecule has 1 rings (SSSR count). The van der Waals surface area contributed by atoms with Crippen LogP contribution < -0.4 is 11.1 Å². The maximum Gasteiger partial charge on any atom is 0.266 e. The van der Waals surface area contributed by atoms with Crippen LogP contribution in [0.3, 0.4) is 0 Å². The van der Waals surface area contributed by atoms with E-state index in [4.69, 9.17) is 45.8 Å². The highest BCUT2D eigenvalue weighted by Gasteiger charge is 2.50. The van der Waals surface area contributed by atoms with Crippen LogP contribution in [0.2, 0.25) is 0 Å². The van der Waals surface area contributed by atoms with Gasteiger partial charge in [0.25, 0.3) is 5.66 Å². The summed E-state index contributed by atoms with van der Waals surface area (Å²) >= 11 is 16.8. The van der Waals surface area contributed by atoms with Gasteiger partial charge in [0.05, 0.1) is 0 Å². The maximum absolute atomic E-state index is 8.83. The van der Waals surface area contributed by atoms with Gasteiger partial charge in [-0.2, -0.15) is 5.26 Å². The molecular weight excluding hydrogens is 234 g/mol. The van der Waals surface area contributed by atoms with E-state index in [1.165, 1.54) is 12.3 Å². The molecule has 0 aromatic rings. The van der Waals surface area contributed by atoms with Crippen molar-refractivity contribution in [3.8, 4) is 6.07 Å². The number of amidine groups is 1. The Kier molecular flexibility index (Phi) is 2.62. The summed E-state index contributed by atoms with van der Waals surface area (Å²) in [6, 6.07) is 1.76. The molecule has 70 valence electrons. The summed E-state index contributed by atoms with van der Waals surface area (Å²) in [7, 11) is 0.